The average molecular weight is 789 g/mol. The van der Waals surface area contributed by atoms with Crippen molar-refractivity contribution in [3.05, 3.63) is 167 Å². The SMILES string of the molecule is Cc1cccc(C)c1B1c2c(nc3c4cc(Oc5ccc6c7ccccc7n7c8c(nc7c6c5)C=CN(C)B8c5c(C)cccc5C)ccc4c4ccccc4n23)C=CN1C. The number of fused-ring (bicyclic) bond motifs is 16. The number of nitrogens with zero attached hydrogens (tertiary/aromatic N) is 6. The van der Waals surface area contributed by atoms with E-state index < -0.39 is 0 Å². The molecule has 0 fully saturated rings. The molecule has 0 aliphatic carbocycles. The molecule has 0 radical (unpaired) electrons. The van der Waals surface area contributed by atoms with Gasteiger partial charge in [0, 0.05) is 32.7 Å². The number of imidazole rings is 2. The molecule has 2 aliphatic heterocycles. The fourth-order valence-electron chi connectivity index (χ4n) is 10.6. The molecule has 10 aromatic rings. The van der Waals surface area contributed by atoms with Crippen LogP contribution < -0.4 is 26.8 Å². The van der Waals surface area contributed by atoms with Gasteiger partial charge in [-0.25, -0.2) is 9.97 Å². The Hall–Kier alpha value is -7.25. The van der Waals surface area contributed by atoms with Crippen molar-refractivity contribution in [2.45, 2.75) is 27.7 Å². The van der Waals surface area contributed by atoms with Gasteiger partial charge in [0.15, 0.2) is 0 Å². The Labute approximate surface area is 355 Å². The summed E-state index contributed by atoms with van der Waals surface area (Å²) in [6.07, 6.45) is 8.63. The summed E-state index contributed by atoms with van der Waals surface area (Å²) in [5.41, 5.74) is 16.2. The predicted molar refractivity (Wildman–Crippen MR) is 256 cm³/mol. The molecule has 6 aromatic carbocycles. The first kappa shape index (κ1) is 35.7. The quantitative estimate of drug-likeness (QED) is 0.132. The maximum Gasteiger partial charge on any atom is 0.344 e. The number of hydrogen-bond donors (Lipinski definition) is 0. The molecule has 0 atom stereocenters. The predicted octanol–water partition coefficient (Wildman–Crippen LogP) is 8.66. The van der Waals surface area contributed by atoms with Crippen molar-refractivity contribution in [2.24, 2.45) is 0 Å². The van der Waals surface area contributed by atoms with Crippen LogP contribution in [0.15, 0.2) is 134 Å². The van der Waals surface area contributed by atoms with E-state index in [9.17, 15) is 0 Å². The zero-order chi connectivity index (χ0) is 41.3. The molecule has 0 bridgehead atoms. The van der Waals surface area contributed by atoms with Gasteiger partial charge in [-0.15, -0.1) is 0 Å². The van der Waals surface area contributed by atoms with E-state index in [4.69, 9.17) is 14.7 Å². The number of benzene rings is 6. The monoisotopic (exact) mass is 788 g/mol. The summed E-state index contributed by atoms with van der Waals surface area (Å²) in [5.74, 6) is 1.51. The summed E-state index contributed by atoms with van der Waals surface area (Å²) in [4.78, 5) is 15.4. The third-order valence-corrected chi connectivity index (χ3v) is 13.4. The van der Waals surface area contributed by atoms with Crippen molar-refractivity contribution < 1.29 is 4.74 Å². The van der Waals surface area contributed by atoms with Crippen LogP contribution in [0.2, 0.25) is 0 Å². The van der Waals surface area contributed by atoms with Crippen LogP contribution in [0.25, 0.3) is 66.8 Å². The third kappa shape index (κ3) is 5.13. The van der Waals surface area contributed by atoms with Crippen LogP contribution in [-0.2, 0) is 0 Å². The van der Waals surface area contributed by atoms with E-state index in [1.54, 1.807) is 0 Å². The zero-order valence-electron chi connectivity index (χ0n) is 35.1. The number of para-hydroxylation sites is 2. The maximum absolute atomic E-state index is 6.88. The van der Waals surface area contributed by atoms with Crippen molar-refractivity contribution in [3.63, 3.8) is 0 Å². The molecule has 7 nitrogen and oxygen atoms in total. The smallest absolute Gasteiger partial charge is 0.344 e. The number of ether oxygens (including phenoxy) is 1. The Morgan fingerprint density at radius 2 is 0.852 bits per heavy atom. The van der Waals surface area contributed by atoms with Crippen LogP contribution in [0.3, 0.4) is 0 Å². The van der Waals surface area contributed by atoms with E-state index in [-0.39, 0.29) is 13.7 Å². The van der Waals surface area contributed by atoms with Gasteiger partial charge in [0.1, 0.15) is 22.8 Å². The number of pyridine rings is 2. The highest BCUT2D eigenvalue weighted by Crippen LogP contribution is 2.37. The molecule has 0 spiro atoms. The Balaban J connectivity index is 1.04. The molecule has 2 aliphatic rings. The Bertz CT molecular complexity index is 3310. The van der Waals surface area contributed by atoms with Gasteiger partial charge in [0.05, 0.1) is 22.4 Å². The fourth-order valence-corrected chi connectivity index (χ4v) is 10.6. The Morgan fingerprint density at radius 1 is 0.443 bits per heavy atom. The van der Waals surface area contributed by atoms with Crippen LogP contribution in [0.5, 0.6) is 11.5 Å². The van der Waals surface area contributed by atoms with Gasteiger partial charge in [0.25, 0.3) is 0 Å². The molecule has 0 saturated carbocycles. The molecule has 4 aromatic heterocycles. The van der Waals surface area contributed by atoms with E-state index in [1.807, 2.05) is 0 Å². The highest BCUT2D eigenvalue weighted by atomic mass is 16.5. The minimum atomic E-state index is 0.00208. The van der Waals surface area contributed by atoms with E-state index in [1.165, 1.54) is 55.1 Å². The van der Waals surface area contributed by atoms with Gasteiger partial charge in [-0.3, -0.25) is 0 Å². The van der Waals surface area contributed by atoms with Crippen LogP contribution in [0.1, 0.15) is 33.6 Å². The minimum absolute atomic E-state index is 0.00208. The highest BCUT2D eigenvalue weighted by Gasteiger charge is 2.37. The lowest BCUT2D eigenvalue weighted by molar-refractivity contribution is 0.484. The van der Waals surface area contributed by atoms with Gasteiger partial charge in [-0.2, -0.15) is 0 Å². The van der Waals surface area contributed by atoms with E-state index >= 15 is 0 Å². The lowest BCUT2D eigenvalue weighted by atomic mass is 9.48. The molecule has 12 rings (SSSR count). The minimum Gasteiger partial charge on any atom is -0.457 e. The molecule has 0 N–H and O–H groups in total. The largest absolute Gasteiger partial charge is 0.457 e. The van der Waals surface area contributed by atoms with E-state index in [0.29, 0.717) is 0 Å². The second-order valence-corrected chi connectivity index (χ2v) is 17.0. The zero-order valence-corrected chi connectivity index (χ0v) is 35.1. The van der Waals surface area contributed by atoms with Crippen molar-refractivity contribution in [1.82, 2.24) is 28.4 Å². The van der Waals surface area contributed by atoms with Crippen LogP contribution in [-0.4, -0.2) is 56.2 Å². The standard InChI is InChI=1S/C52H42B2N6O/c1-31-13-11-14-32(2)47(31)53-49-43(25-27-57(53)5)55-51-41-29-35(21-23-37(41)39-17-7-9-19-45(39)59(49)51)61-36-22-24-38-40-18-8-10-20-46(40)60-50-44(56-52(60)42(38)30-36)26-28-58(6)54(50)48-33(3)15-12-16-34(48)4/h7-30H,1-6H3. The summed E-state index contributed by atoms with van der Waals surface area (Å²) in [6.45, 7) is 8.87. The number of hydrogen-bond acceptors (Lipinski definition) is 5. The lowest BCUT2D eigenvalue weighted by Gasteiger charge is -2.30. The summed E-state index contributed by atoms with van der Waals surface area (Å²) in [7, 11) is 4.34. The van der Waals surface area contributed by atoms with Crippen molar-refractivity contribution >= 4 is 103 Å². The first-order valence-corrected chi connectivity index (χ1v) is 21.1. The van der Waals surface area contributed by atoms with Gasteiger partial charge < -0.3 is 23.2 Å². The van der Waals surface area contributed by atoms with Gasteiger partial charge in [-0.05, 0) is 137 Å². The summed E-state index contributed by atoms with van der Waals surface area (Å²) >= 11 is 0. The van der Waals surface area contributed by atoms with Gasteiger partial charge in [0.2, 0.25) is 0 Å². The fraction of sp³-hybridized carbons (Fsp3) is 0.115. The van der Waals surface area contributed by atoms with Gasteiger partial charge >= 0.3 is 13.7 Å². The summed E-state index contributed by atoms with van der Waals surface area (Å²) in [6, 6.07) is 43.5. The molecular weight excluding hydrogens is 746 g/mol. The number of aryl methyl sites for hydroxylation is 4. The van der Waals surface area contributed by atoms with E-state index in [0.717, 1.165) is 66.8 Å². The molecule has 9 heteroatoms. The van der Waals surface area contributed by atoms with E-state index in [2.05, 4.69) is 206 Å². The topological polar surface area (TPSA) is 50.3 Å². The Kier molecular flexibility index (Phi) is 7.67. The van der Waals surface area contributed by atoms with Crippen molar-refractivity contribution in [2.75, 3.05) is 14.1 Å². The first-order valence-electron chi connectivity index (χ1n) is 21.1. The Morgan fingerprint density at radius 3 is 1.28 bits per heavy atom. The molecule has 61 heavy (non-hydrogen) atoms. The highest BCUT2D eigenvalue weighted by molar-refractivity contribution is 6.85. The summed E-state index contributed by atoms with van der Waals surface area (Å²) < 4.78 is 11.7. The molecule has 292 valence electrons. The number of aromatic nitrogens is 4. The molecule has 0 amide bonds. The molecular formula is C52H42B2N6O. The van der Waals surface area contributed by atoms with Crippen LogP contribution in [0.4, 0.5) is 0 Å². The molecule has 0 unspecified atom stereocenters. The van der Waals surface area contributed by atoms with Crippen LogP contribution in [0, 0.1) is 27.7 Å². The van der Waals surface area contributed by atoms with Crippen LogP contribution >= 0.6 is 0 Å². The second kappa shape index (κ2) is 13.1. The maximum atomic E-state index is 6.88. The van der Waals surface area contributed by atoms with Gasteiger partial charge in [-0.1, -0.05) is 95.1 Å². The van der Waals surface area contributed by atoms with Crippen molar-refractivity contribution in [1.29, 1.82) is 0 Å². The lowest BCUT2D eigenvalue weighted by Crippen LogP contribution is -2.58. The molecule has 6 heterocycles. The normalized spacial score (nSPS) is 13.8. The second-order valence-electron chi connectivity index (χ2n) is 17.0. The average Bonchev–Trinajstić information content (AvgIpc) is 3.85. The third-order valence-electron chi connectivity index (χ3n) is 13.4. The number of rotatable bonds is 4. The summed E-state index contributed by atoms with van der Waals surface area (Å²) in [5, 5.41) is 6.73. The molecule has 0 saturated heterocycles. The first-order chi connectivity index (χ1) is 29.7. The van der Waals surface area contributed by atoms with Crippen molar-refractivity contribution in [3.8, 4) is 11.5 Å².